The van der Waals surface area contributed by atoms with Crippen LogP contribution in [0.5, 0.6) is 0 Å². The van der Waals surface area contributed by atoms with E-state index in [2.05, 4.69) is 46.5 Å². The second kappa shape index (κ2) is 9.77. The lowest BCUT2D eigenvalue weighted by Crippen LogP contribution is -2.31. The molecule has 0 aliphatic rings. The molecule has 6 heteroatoms. The Hall–Kier alpha value is -2.60. The van der Waals surface area contributed by atoms with Gasteiger partial charge in [-0.1, -0.05) is 0 Å². The second-order valence-electron chi connectivity index (χ2n) is 6.37. The summed E-state index contributed by atoms with van der Waals surface area (Å²) in [6.07, 6.45) is 3.30. The summed E-state index contributed by atoms with van der Waals surface area (Å²) in [6.45, 7) is 7.68. The Balaban J connectivity index is 2.00. The molecule has 0 radical (unpaired) electrons. The van der Waals surface area contributed by atoms with Crippen LogP contribution in [0.25, 0.3) is 0 Å². The fourth-order valence-electron chi connectivity index (χ4n) is 2.64. The quantitative estimate of drug-likeness (QED) is 0.724. The minimum Gasteiger partial charge on any atom is -0.372 e. The van der Waals surface area contributed by atoms with Crippen molar-refractivity contribution in [1.29, 1.82) is 0 Å². The van der Waals surface area contributed by atoms with Crippen molar-refractivity contribution in [3.05, 3.63) is 48.3 Å². The van der Waals surface area contributed by atoms with Crippen molar-refractivity contribution in [3.63, 3.8) is 0 Å². The molecule has 0 aliphatic heterocycles. The molecule has 2 N–H and O–H groups in total. The standard InChI is InChI=1S/C20H29N5O/c1-5-25(6-2)19-9-7-17(8-10-19)23-18-13-16(14-21-15-18)20(26)22-11-12-24(3)4/h7-10,13-15,23H,5-6,11-12H2,1-4H3,(H,22,26). The van der Waals surface area contributed by atoms with Gasteiger partial charge in [0.25, 0.3) is 5.91 Å². The summed E-state index contributed by atoms with van der Waals surface area (Å²) in [5.41, 5.74) is 3.51. The number of nitrogens with one attached hydrogen (secondary N) is 2. The zero-order valence-electron chi connectivity index (χ0n) is 16.1. The highest BCUT2D eigenvalue weighted by atomic mass is 16.1. The molecule has 140 valence electrons. The molecule has 2 aromatic rings. The number of hydrogen-bond donors (Lipinski definition) is 2. The lowest BCUT2D eigenvalue weighted by molar-refractivity contribution is 0.0950. The van der Waals surface area contributed by atoms with Gasteiger partial charge >= 0.3 is 0 Å². The van der Waals surface area contributed by atoms with Crippen LogP contribution < -0.4 is 15.5 Å². The van der Waals surface area contributed by atoms with Gasteiger partial charge in [-0.15, -0.1) is 0 Å². The fourth-order valence-corrected chi connectivity index (χ4v) is 2.64. The number of pyridine rings is 1. The number of anilines is 3. The Morgan fingerprint density at radius 2 is 1.73 bits per heavy atom. The summed E-state index contributed by atoms with van der Waals surface area (Å²) in [7, 11) is 3.95. The Morgan fingerprint density at radius 3 is 2.35 bits per heavy atom. The Bertz CT molecular complexity index is 696. The fraction of sp³-hybridized carbons (Fsp3) is 0.400. The van der Waals surface area contributed by atoms with Gasteiger partial charge in [-0.25, -0.2) is 0 Å². The van der Waals surface area contributed by atoms with Gasteiger partial charge in [0.05, 0.1) is 17.4 Å². The monoisotopic (exact) mass is 355 g/mol. The van der Waals surface area contributed by atoms with Crippen LogP contribution in [0.2, 0.25) is 0 Å². The summed E-state index contributed by atoms with van der Waals surface area (Å²) in [6, 6.07) is 10.1. The lowest BCUT2D eigenvalue weighted by Gasteiger charge is -2.21. The third-order valence-electron chi connectivity index (χ3n) is 4.13. The van der Waals surface area contributed by atoms with Crippen molar-refractivity contribution in [2.75, 3.05) is 50.5 Å². The van der Waals surface area contributed by atoms with E-state index < -0.39 is 0 Å². The van der Waals surface area contributed by atoms with Crippen LogP contribution >= 0.6 is 0 Å². The largest absolute Gasteiger partial charge is 0.372 e. The smallest absolute Gasteiger partial charge is 0.252 e. The average Bonchev–Trinajstić information content (AvgIpc) is 2.64. The first-order valence-electron chi connectivity index (χ1n) is 9.03. The van der Waals surface area contributed by atoms with Crippen LogP contribution in [-0.4, -0.2) is 56.1 Å². The van der Waals surface area contributed by atoms with Gasteiger partial charge in [-0.3, -0.25) is 9.78 Å². The molecule has 0 saturated heterocycles. The van der Waals surface area contributed by atoms with E-state index in [-0.39, 0.29) is 5.91 Å². The zero-order chi connectivity index (χ0) is 18.9. The normalized spacial score (nSPS) is 10.7. The highest BCUT2D eigenvalue weighted by Crippen LogP contribution is 2.21. The summed E-state index contributed by atoms with van der Waals surface area (Å²) < 4.78 is 0. The molecule has 0 spiro atoms. The molecule has 0 unspecified atom stereocenters. The third kappa shape index (κ3) is 5.74. The predicted molar refractivity (Wildman–Crippen MR) is 108 cm³/mol. The van der Waals surface area contributed by atoms with Gasteiger partial charge in [0, 0.05) is 43.8 Å². The number of hydrogen-bond acceptors (Lipinski definition) is 5. The number of likely N-dealkylation sites (N-methyl/N-ethyl adjacent to an activating group) is 1. The van der Waals surface area contributed by atoms with Crippen molar-refractivity contribution in [2.24, 2.45) is 0 Å². The second-order valence-corrected chi connectivity index (χ2v) is 6.37. The molecule has 1 aromatic carbocycles. The molecule has 2 rings (SSSR count). The van der Waals surface area contributed by atoms with Crippen LogP contribution in [0.1, 0.15) is 24.2 Å². The molecule has 1 aromatic heterocycles. The van der Waals surface area contributed by atoms with Gasteiger partial charge < -0.3 is 20.4 Å². The maximum atomic E-state index is 12.2. The maximum Gasteiger partial charge on any atom is 0.252 e. The molecule has 0 saturated carbocycles. The first-order chi connectivity index (χ1) is 12.5. The Morgan fingerprint density at radius 1 is 1.04 bits per heavy atom. The van der Waals surface area contributed by atoms with E-state index in [0.717, 1.165) is 31.0 Å². The summed E-state index contributed by atoms with van der Waals surface area (Å²) in [4.78, 5) is 20.7. The molecule has 1 amide bonds. The summed E-state index contributed by atoms with van der Waals surface area (Å²) >= 11 is 0. The molecular formula is C20H29N5O. The highest BCUT2D eigenvalue weighted by molar-refractivity contribution is 5.94. The van der Waals surface area contributed by atoms with E-state index in [9.17, 15) is 4.79 Å². The summed E-state index contributed by atoms with van der Waals surface area (Å²) in [5.74, 6) is -0.111. The third-order valence-corrected chi connectivity index (χ3v) is 4.13. The number of nitrogens with zero attached hydrogens (tertiary/aromatic N) is 3. The van der Waals surface area contributed by atoms with Gasteiger partial charge in [0.1, 0.15) is 0 Å². The Labute approximate surface area is 156 Å². The lowest BCUT2D eigenvalue weighted by atomic mass is 10.2. The molecule has 26 heavy (non-hydrogen) atoms. The summed E-state index contributed by atoms with van der Waals surface area (Å²) in [5, 5.41) is 6.21. The molecule has 0 atom stereocenters. The average molecular weight is 355 g/mol. The van der Waals surface area contributed by atoms with Gasteiger partial charge in [0.2, 0.25) is 0 Å². The number of carbonyl (C=O) groups excluding carboxylic acids is 1. The minimum absolute atomic E-state index is 0.111. The molecule has 6 nitrogen and oxygen atoms in total. The van der Waals surface area contributed by atoms with E-state index in [1.54, 1.807) is 12.4 Å². The topological polar surface area (TPSA) is 60.5 Å². The number of carbonyl (C=O) groups is 1. The highest BCUT2D eigenvalue weighted by Gasteiger charge is 2.07. The number of benzene rings is 1. The van der Waals surface area contributed by atoms with Crippen LogP contribution in [0.15, 0.2) is 42.7 Å². The van der Waals surface area contributed by atoms with E-state index in [4.69, 9.17) is 0 Å². The first kappa shape index (κ1) is 19.7. The van der Waals surface area contributed by atoms with Crippen molar-refractivity contribution >= 4 is 23.0 Å². The van der Waals surface area contributed by atoms with Crippen molar-refractivity contribution < 1.29 is 4.79 Å². The molecular weight excluding hydrogens is 326 g/mol. The number of rotatable bonds is 9. The molecule has 1 heterocycles. The van der Waals surface area contributed by atoms with E-state index in [1.165, 1.54) is 5.69 Å². The number of amides is 1. The zero-order valence-corrected chi connectivity index (χ0v) is 16.1. The SMILES string of the molecule is CCN(CC)c1ccc(Nc2cncc(C(=O)NCCN(C)C)c2)cc1. The predicted octanol–water partition coefficient (Wildman–Crippen LogP) is 2.96. The van der Waals surface area contributed by atoms with Gasteiger partial charge in [-0.05, 0) is 58.3 Å². The molecule has 0 fully saturated rings. The van der Waals surface area contributed by atoms with Crippen LogP contribution in [0, 0.1) is 0 Å². The first-order valence-corrected chi connectivity index (χ1v) is 9.03. The van der Waals surface area contributed by atoms with Crippen molar-refractivity contribution in [1.82, 2.24) is 15.2 Å². The van der Waals surface area contributed by atoms with Crippen molar-refractivity contribution in [3.8, 4) is 0 Å². The van der Waals surface area contributed by atoms with Crippen molar-refractivity contribution in [2.45, 2.75) is 13.8 Å². The molecule has 0 bridgehead atoms. The minimum atomic E-state index is -0.111. The van der Waals surface area contributed by atoms with Crippen LogP contribution in [-0.2, 0) is 0 Å². The maximum absolute atomic E-state index is 12.2. The van der Waals surface area contributed by atoms with E-state index in [0.29, 0.717) is 12.1 Å². The van der Waals surface area contributed by atoms with Crippen LogP contribution in [0.3, 0.4) is 0 Å². The van der Waals surface area contributed by atoms with Gasteiger partial charge in [0.15, 0.2) is 0 Å². The molecule has 0 aliphatic carbocycles. The number of aromatic nitrogens is 1. The van der Waals surface area contributed by atoms with E-state index >= 15 is 0 Å². The van der Waals surface area contributed by atoms with Crippen LogP contribution in [0.4, 0.5) is 17.1 Å². The van der Waals surface area contributed by atoms with E-state index in [1.807, 2.05) is 37.2 Å². The van der Waals surface area contributed by atoms with Gasteiger partial charge in [-0.2, -0.15) is 0 Å². The Kier molecular flexibility index (Phi) is 7.41.